The molecule has 0 aromatic rings. The van der Waals surface area contributed by atoms with E-state index in [1.54, 1.807) is 0 Å². The summed E-state index contributed by atoms with van der Waals surface area (Å²) in [6.07, 6.45) is 7.53. The van der Waals surface area contributed by atoms with Crippen LogP contribution in [0.2, 0.25) is 0 Å². The summed E-state index contributed by atoms with van der Waals surface area (Å²) < 4.78 is 0. The zero-order valence-electron chi connectivity index (χ0n) is 11.2. The Labute approximate surface area is 110 Å². The second kappa shape index (κ2) is 6.24. The monoisotopic (exact) mass is 255 g/mol. The molecule has 0 N–H and O–H groups in total. The number of ketones is 1. The van der Waals surface area contributed by atoms with Gasteiger partial charge in [0.25, 0.3) is 0 Å². The molecule has 1 aliphatic carbocycles. The lowest BCUT2D eigenvalue weighted by molar-refractivity contribution is -0.124. The molecule has 0 aromatic heterocycles. The maximum Gasteiger partial charge on any atom is 0.133 e. The predicted molar refractivity (Wildman–Crippen MR) is 74.5 cm³/mol. The molecule has 2 rings (SSSR count). The summed E-state index contributed by atoms with van der Waals surface area (Å²) in [4.78, 5) is 14.3. The van der Waals surface area contributed by atoms with Crippen molar-refractivity contribution in [3.8, 4) is 0 Å². The molecule has 3 atom stereocenters. The van der Waals surface area contributed by atoms with Gasteiger partial charge in [0.2, 0.25) is 0 Å². The van der Waals surface area contributed by atoms with Gasteiger partial charge in [-0.1, -0.05) is 6.92 Å². The molecule has 3 unspecified atom stereocenters. The molecule has 1 saturated carbocycles. The van der Waals surface area contributed by atoms with E-state index in [9.17, 15) is 4.79 Å². The molecule has 2 fully saturated rings. The van der Waals surface area contributed by atoms with Gasteiger partial charge in [-0.15, -0.1) is 0 Å². The number of carbonyl (C=O) groups excluding carboxylic acids is 1. The quantitative estimate of drug-likeness (QED) is 0.770. The molecule has 0 aromatic carbocycles. The third-order valence-corrected chi connectivity index (χ3v) is 5.07. The van der Waals surface area contributed by atoms with Crippen molar-refractivity contribution in [2.45, 2.75) is 45.1 Å². The van der Waals surface area contributed by atoms with Crippen LogP contribution in [0.25, 0.3) is 0 Å². The fraction of sp³-hybridized carbons (Fsp3) is 0.929. The maximum absolute atomic E-state index is 11.6. The highest BCUT2D eigenvalue weighted by Gasteiger charge is 2.38. The van der Waals surface area contributed by atoms with Crippen molar-refractivity contribution in [2.24, 2.45) is 11.8 Å². The van der Waals surface area contributed by atoms with Crippen LogP contribution in [0, 0.1) is 11.8 Å². The average Bonchev–Trinajstić information content (AvgIpc) is 2.29. The summed E-state index contributed by atoms with van der Waals surface area (Å²) in [5, 5.41) is 0. The Morgan fingerprint density at radius 2 is 2.29 bits per heavy atom. The molecule has 98 valence electrons. The van der Waals surface area contributed by atoms with Crippen LogP contribution < -0.4 is 0 Å². The maximum atomic E-state index is 11.6. The molecule has 2 nitrogen and oxygen atoms in total. The third kappa shape index (κ3) is 3.25. The van der Waals surface area contributed by atoms with Gasteiger partial charge >= 0.3 is 0 Å². The number of rotatable bonds is 4. The molecular formula is C14H25NOS. The van der Waals surface area contributed by atoms with Crippen molar-refractivity contribution in [3.05, 3.63) is 0 Å². The normalized spacial score (nSPS) is 34.7. The van der Waals surface area contributed by atoms with Crippen LogP contribution in [-0.2, 0) is 4.79 Å². The minimum absolute atomic E-state index is 0.507. The van der Waals surface area contributed by atoms with Crippen LogP contribution in [-0.4, -0.2) is 41.8 Å². The van der Waals surface area contributed by atoms with Gasteiger partial charge < -0.3 is 0 Å². The second-order valence-corrected chi connectivity index (χ2v) is 6.57. The van der Waals surface area contributed by atoms with Gasteiger partial charge in [-0.05, 0) is 49.7 Å². The van der Waals surface area contributed by atoms with E-state index >= 15 is 0 Å². The molecule has 1 saturated heterocycles. The minimum atomic E-state index is 0.507. The average molecular weight is 255 g/mol. The zero-order chi connectivity index (χ0) is 12.3. The standard InChI is InChI=1S/C14H25NOS/c1-3-6-15-9-11(10-17-2)7-12-8-13(16)4-5-14(12)15/h11-12,14H,3-10H2,1-2H3. The number of Topliss-reactive ketones (excluding diaryl/α,β-unsaturated/α-hetero) is 1. The fourth-order valence-electron chi connectivity index (χ4n) is 3.67. The summed E-state index contributed by atoms with van der Waals surface area (Å²) in [7, 11) is 0. The number of carbonyl (C=O) groups is 1. The molecule has 1 aliphatic heterocycles. The molecule has 0 spiro atoms. The lowest BCUT2D eigenvalue weighted by Gasteiger charge is -2.46. The highest BCUT2D eigenvalue weighted by atomic mass is 32.2. The largest absolute Gasteiger partial charge is 0.300 e. The number of hydrogen-bond donors (Lipinski definition) is 0. The van der Waals surface area contributed by atoms with Crippen molar-refractivity contribution in [3.63, 3.8) is 0 Å². The summed E-state index contributed by atoms with van der Waals surface area (Å²) in [5.41, 5.74) is 0. The van der Waals surface area contributed by atoms with Gasteiger partial charge in [-0.2, -0.15) is 11.8 Å². The molecular weight excluding hydrogens is 230 g/mol. The first-order chi connectivity index (χ1) is 8.24. The lowest BCUT2D eigenvalue weighted by Crippen LogP contribution is -2.51. The number of hydrogen-bond acceptors (Lipinski definition) is 3. The van der Waals surface area contributed by atoms with E-state index in [2.05, 4.69) is 18.1 Å². The van der Waals surface area contributed by atoms with Crippen LogP contribution in [0.5, 0.6) is 0 Å². The highest BCUT2D eigenvalue weighted by molar-refractivity contribution is 7.98. The fourth-order valence-corrected chi connectivity index (χ4v) is 4.38. The predicted octanol–water partition coefficient (Wildman–Crippen LogP) is 2.82. The number of piperidine rings is 1. The van der Waals surface area contributed by atoms with Gasteiger partial charge in [0, 0.05) is 25.4 Å². The van der Waals surface area contributed by atoms with E-state index in [0.29, 0.717) is 17.7 Å². The Morgan fingerprint density at radius 1 is 1.47 bits per heavy atom. The smallest absolute Gasteiger partial charge is 0.133 e. The van der Waals surface area contributed by atoms with Crippen LogP contribution in [0.4, 0.5) is 0 Å². The number of thioether (sulfide) groups is 1. The Kier molecular flexibility index (Phi) is 4.92. The highest BCUT2D eigenvalue weighted by Crippen LogP contribution is 2.37. The number of nitrogens with zero attached hydrogens (tertiary/aromatic N) is 1. The lowest BCUT2D eigenvalue weighted by atomic mass is 9.75. The third-order valence-electron chi connectivity index (χ3n) is 4.26. The van der Waals surface area contributed by atoms with Gasteiger partial charge in [0.05, 0.1) is 0 Å². The molecule has 0 radical (unpaired) electrons. The Balaban J connectivity index is 2.02. The Bertz CT molecular complexity index is 269. The van der Waals surface area contributed by atoms with E-state index in [1.165, 1.54) is 31.7 Å². The Morgan fingerprint density at radius 3 is 3.00 bits per heavy atom. The molecule has 1 heterocycles. The summed E-state index contributed by atoms with van der Waals surface area (Å²) in [6, 6.07) is 0.714. The second-order valence-electron chi connectivity index (χ2n) is 5.66. The van der Waals surface area contributed by atoms with E-state index < -0.39 is 0 Å². The summed E-state index contributed by atoms with van der Waals surface area (Å²) >= 11 is 1.96. The molecule has 0 amide bonds. The topological polar surface area (TPSA) is 20.3 Å². The minimum Gasteiger partial charge on any atom is -0.300 e. The van der Waals surface area contributed by atoms with E-state index in [0.717, 1.165) is 25.2 Å². The van der Waals surface area contributed by atoms with Crippen molar-refractivity contribution in [1.29, 1.82) is 0 Å². The van der Waals surface area contributed by atoms with Crippen molar-refractivity contribution in [1.82, 2.24) is 4.90 Å². The Hall–Kier alpha value is -0.0200. The van der Waals surface area contributed by atoms with Crippen molar-refractivity contribution < 1.29 is 4.79 Å². The SMILES string of the molecule is CCCN1CC(CSC)CC2CC(=O)CCC21. The van der Waals surface area contributed by atoms with Crippen LogP contribution in [0.1, 0.15) is 39.0 Å². The molecule has 17 heavy (non-hydrogen) atoms. The van der Waals surface area contributed by atoms with Gasteiger partial charge in [0.1, 0.15) is 5.78 Å². The number of likely N-dealkylation sites (tertiary alicyclic amines) is 1. The van der Waals surface area contributed by atoms with Crippen molar-refractivity contribution in [2.75, 3.05) is 25.1 Å². The summed E-state index contributed by atoms with van der Waals surface area (Å²) in [6.45, 7) is 4.76. The van der Waals surface area contributed by atoms with Crippen LogP contribution >= 0.6 is 11.8 Å². The van der Waals surface area contributed by atoms with Crippen molar-refractivity contribution >= 4 is 17.5 Å². The first-order valence-electron chi connectivity index (χ1n) is 6.99. The van der Waals surface area contributed by atoms with Gasteiger partial charge in [0.15, 0.2) is 0 Å². The zero-order valence-corrected chi connectivity index (χ0v) is 12.0. The van der Waals surface area contributed by atoms with Crippen LogP contribution in [0.15, 0.2) is 0 Å². The van der Waals surface area contributed by atoms with E-state index in [-0.39, 0.29) is 0 Å². The molecule has 2 aliphatic rings. The molecule has 3 heteroatoms. The van der Waals surface area contributed by atoms with E-state index in [4.69, 9.17) is 0 Å². The first kappa shape index (κ1) is 13.4. The number of fused-ring (bicyclic) bond motifs is 1. The van der Waals surface area contributed by atoms with Gasteiger partial charge in [-0.3, -0.25) is 9.69 Å². The van der Waals surface area contributed by atoms with E-state index in [1.807, 2.05) is 11.8 Å². The molecule has 0 bridgehead atoms. The first-order valence-corrected chi connectivity index (χ1v) is 8.38. The van der Waals surface area contributed by atoms with Crippen LogP contribution in [0.3, 0.4) is 0 Å². The van der Waals surface area contributed by atoms with Gasteiger partial charge in [-0.25, -0.2) is 0 Å². The summed E-state index contributed by atoms with van der Waals surface area (Å²) in [5.74, 6) is 3.24.